The van der Waals surface area contributed by atoms with Crippen LogP contribution in [0.3, 0.4) is 0 Å². The van der Waals surface area contributed by atoms with Gasteiger partial charge in [0, 0.05) is 23.8 Å². The number of alkyl halides is 3. The lowest BCUT2D eigenvalue weighted by Crippen LogP contribution is -2.15. The van der Waals surface area contributed by atoms with Crippen molar-refractivity contribution < 1.29 is 30.4 Å². The number of benzene rings is 1. The Balaban J connectivity index is 1.95. The Bertz CT molecular complexity index is 1040. The van der Waals surface area contributed by atoms with Crippen molar-refractivity contribution in [3.05, 3.63) is 53.9 Å². The van der Waals surface area contributed by atoms with Gasteiger partial charge >= 0.3 is 6.18 Å². The Morgan fingerprint density at radius 3 is 2.36 bits per heavy atom. The summed E-state index contributed by atoms with van der Waals surface area (Å²) >= 11 is 0. The van der Waals surface area contributed by atoms with Gasteiger partial charge in [0.25, 0.3) is 10.0 Å². The van der Waals surface area contributed by atoms with Gasteiger partial charge in [-0.05, 0) is 18.2 Å². The van der Waals surface area contributed by atoms with E-state index >= 15 is 0 Å². The number of sulfonamides is 1. The highest BCUT2D eigenvalue weighted by molar-refractivity contribution is 7.92. The van der Waals surface area contributed by atoms with Crippen molar-refractivity contribution in [1.29, 1.82) is 0 Å². The minimum atomic E-state index is -4.65. The van der Waals surface area contributed by atoms with E-state index in [2.05, 4.69) is 14.7 Å². The third-order valence-corrected chi connectivity index (χ3v) is 4.59. The summed E-state index contributed by atoms with van der Waals surface area (Å²) in [7, 11) is -4.32. The second-order valence-corrected chi connectivity index (χ2v) is 6.63. The molecular weight excluding hydrogens is 369 g/mol. The fourth-order valence-electron chi connectivity index (χ4n) is 2.11. The smallest absolute Gasteiger partial charge is 0.359 e. The second kappa shape index (κ2) is 5.69. The van der Waals surface area contributed by atoms with Gasteiger partial charge in [-0.2, -0.15) is 21.6 Å². The number of fused-ring (bicyclic) bond motifs is 1. The number of anilines is 1. The number of halogens is 5. The molecule has 0 radical (unpaired) electrons. The Labute approximate surface area is 137 Å². The highest BCUT2D eigenvalue weighted by atomic mass is 32.2. The highest BCUT2D eigenvalue weighted by Gasteiger charge is 2.31. The molecule has 2 aromatic heterocycles. The van der Waals surface area contributed by atoms with E-state index in [4.69, 9.17) is 0 Å². The maximum atomic E-state index is 13.3. The number of nitrogens with zero attached hydrogens (tertiary/aromatic N) is 1. The molecule has 0 unspecified atom stereocenters. The van der Waals surface area contributed by atoms with Gasteiger partial charge < -0.3 is 4.98 Å². The molecule has 3 rings (SSSR count). The lowest BCUT2D eigenvalue weighted by molar-refractivity contribution is -0.137. The zero-order valence-corrected chi connectivity index (χ0v) is 12.8. The number of aromatic amines is 1. The van der Waals surface area contributed by atoms with Gasteiger partial charge in [0.1, 0.15) is 0 Å². The monoisotopic (exact) mass is 377 g/mol. The molecule has 2 N–H and O–H groups in total. The summed E-state index contributed by atoms with van der Waals surface area (Å²) in [4.78, 5) is 5.85. The molecule has 132 valence electrons. The van der Waals surface area contributed by atoms with Crippen LogP contribution in [0.25, 0.3) is 10.9 Å². The predicted octanol–water partition coefficient (Wildman–Crippen LogP) is 3.66. The van der Waals surface area contributed by atoms with Crippen LogP contribution in [-0.4, -0.2) is 18.4 Å². The lowest BCUT2D eigenvalue weighted by Gasteiger charge is -2.09. The van der Waals surface area contributed by atoms with Crippen LogP contribution in [0.4, 0.5) is 27.6 Å². The fourth-order valence-corrected chi connectivity index (χ4v) is 3.11. The van der Waals surface area contributed by atoms with Crippen LogP contribution in [0, 0.1) is 11.6 Å². The molecule has 3 aromatic rings. The number of hydrogen-bond donors (Lipinski definition) is 2. The van der Waals surface area contributed by atoms with E-state index in [1.54, 1.807) is 0 Å². The molecule has 0 atom stereocenters. The average Bonchev–Trinajstić information content (AvgIpc) is 2.88. The van der Waals surface area contributed by atoms with Gasteiger partial charge in [0.05, 0.1) is 16.8 Å². The van der Waals surface area contributed by atoms with Crippen molar-refractivity contribution in [3.63, 3.8) is 0 Å². The summed E-state index contributed by atoms with van der Waals surface area (Å²) in [6.45, 7) is 0. The summed E-state index contributed by atoms with van der Waals surface area (Å²) in [6.07, 6.45) is -3.11. The van der Waals surface area contributed by atoms with Crippen LogP contribution in [0.2, 0.25) is 0 Å². The van der Waals surface area contributed by atoms with E-state index in [1.165, 1.54) is 0 Å². The zero-order valence-electron chi connectivity index (χ0n) is 12.0. The van der Waals surface area contributed by atoms with Gasteiger partial charge in [0.15, 0.2) is 16.7 Å². The van der Waals surface area contributed by atoms with Gasteiger partial charge in [-0.3, -0.25) is 4.72 Å². The zero-order chi connectivity index (χ0) is 18.4. The molecule has 0 aliphatic rings. The average molecular weight is 377 g/mol. The molecule has 0 spiro atoms. The maximum Gasteiger partial charge on any atom is 0.417 e. The van der Waals surface area contributed by atoms with Gasteiger partial charge in [0.2, 0.25) is 0 Å². The Kier molecular flexibility index (Phi) is 3.90. The molecule has 25 heavy (non-hydrogen) atoms. The van der Waals surface area contributed by atoms with Gasteiger partial charge in [-0.15, -0.1) is 0 Å². The number of H-pyrrole nitrogens is 1. The number of rotatable bonds is 3. The van der Waals surface area contributed by atoms with Crippen LogP contribution in [0.1, 0.15) is 5.56 Å². The van der Waals surface area contributed by atoms with Gasteiger partial charge in [-0.25, -0.2) is 13.8 Å². The standard InChI is InChI=1S/C14H8F5N3O2S/c15-9-3-8-11(4-10(9)16)20-6-12(8)22-25(23,24)13-2-1-7(5-21-13)14(17,18)19/h1-6,20,22H. The molecule has 0 bridgehead atoms. The molecular formula is C14H8F5N3O2S. The molecule has 2 heterocycles. The molecule has 0 saturated carbocycles. The summed E-state index contributed by atoms with van der Waals surface area (Å²) in [5.41, 5.74) is -1.07. The van der Waals surface area contributed by atoms with E-state index in [0.717, 1.165) is 18.3 Å². The molecule has 11 heteroatoms. The molecule has 0 fully saturated rings. The first kappa shape index (κ1) is 17.1. The normalized spacial score (nSPS) is 12.5. The quantitative estimate of drug-likeness (QED) is 0.684. The Morgan fingerprint density at radius 1 is 1.08 bits per heavy atom. The largest absolute Gasteiger partial charge is 0.417 e. The minimum Gasteiger partial charge on any atom is -0.359 e. The molecule has 0 aliphatic carbocycles. The first-order chi connectivity index (χ1) is 11.6. The van der Waals surface area contributed by atoms with E-state index in [1.807, 2.05) is 0 Å². The van der Waals surface area contributed by atoms with E-state index in [0.29, 0.717) is 18.3 Å². The Hall–Kier alpha value is -2.69. The second-order valence-electron chi connectivity index (χ2n) is 5.00. The van der Waals surface area contributed by atoms with Crippen molar-refractivity contribution in [1.82, 2.24) is 9.97 Å². The van der Waals surface area contributed by atoms with Crippen LogP contribution in [0.5, 0.6) is 0 Å². The van der Waals surface area contributed by atoms with E-state index < -0.39 is 38.4 Å². The van der Waals surface area contributed by atoms with Crippen molar-refractivity contribution in [2.24, 2.45) is 0 Å². The van der Waals surface area contributed by atoms with Crippen molar-refractivity contribution >= 4 is 26.6 Å². The van der Waals surface area contributed by atoms with Crippen LogP contribution in [-0.2, 0) is 16.2 Å². The highest BCUT2D eigenvalue weighted by Crippen LogP contribution is 2.30. The third kappa shape index (κ3) is 3.27. The molecule has 0 amide bonds. The first-order valence-corrected chi connectivity index (χ1v) is 8.08. The van der Waals surface area contributed by atoms with Crippen molar-refractivity contribution in [2.75, 3.05) is 4.72 Å². The molecule has 1 aromatic carbocycles. The van der Waals surface area contributed by atoms with E-state index in [-0.39, 0.29) is 16.6 Å². The SMILES string of the molecule is O=S(=O)(Nc1c[nH]c2cc(F)c(F)cc12)c1ccc(C(F)(F)F)cn1. The van der Waals surface area contributed by atoms with Crippen LogP contribution in [0.15, 0.2) is 41.7 Å². The Morgan fingerprint density at radius 2 is 1.76 bits per heavy atom. The third-order valence-electron chi connectivity index (χ3n) is 3.31. The number of hydrogen-bond acceptors (Lipinski definition) is 3. The first-order valence-electron chi connectivity index (χ1n) is 6.60. The topological polar surface area (TPSA) is 74.8 Å². The predicted molar refractivity (Wildman–Crippen MR) is 78.3 cm³/mol. The number of pyridine rings is 1. The van der Waals surface area contributed by atoms with Crippen molar-refractivity contribution in [3.8, 4) is 0 Å². The lowest BCUT2D eigenvalue weighted by atomic mass is 10.2. The molecule has 5 nitrogen and oxygen atoms in total. The fraction of sp³-hybridized carbons (Fsp3) is 0.0714. The minimum absolute atomic E-state index is 0.0504. The summed E-state index contributed by atoms with van der Waals surface area (Å²) in [5, 5.41) is -0.605. The van der Waals surface area contributed by atoms with Crippen LogP contribution >= 0.6 is 0 Å². The number of aromatic nitrogens is 2. The summed E-state index contributed by atoms with van der Waals surface area (Å²) in [6, 6.07) is 2.91. The number of nitrogens with one attached hydrogen (secondary N) is 2. The summed E-state index contributed by atoms with van der Waals surface area (Å²) in [5.74, 6) is -2.30. The molecule has 0 saturated heterocycles. The maximum absolute atomic E-state index is 13.3. The van der Waals surface area contributed by atoms with E-state index in [9.17, 15) is 30.4 Å². The molecule has 0 aliphatic heterocycles. The van der Waals surface area contributed by atoms with Gasteiger partial charge in [-0.1, -0.05) is 0 Å². The van der Waals surface area contributed by atoms with Crippen LogP contribution < -0.4 is 4.72 Å². The summed E-state index contributed by atoms with van der Waals surface area (Å²) < 4.78 is 90.5. The van der Waals surface area contributed by atoms with Crippen molar-refractivity contribution in [2.45, 2.75) is 11.2 Å².